The van der Waals surface area contributed by atoms with Crippen LogP contribution in [0.1, 0.15) is 5.56 Å². The van der Waals surface area contributed by atoms with Crippen molar-refractivity contribution in [3.8, 4) is 5.75 Å². The zero-order valence-corrected chi connectivity index (χ0v) is 8.47. The summed E-state index contributed by atoms with van der Waals surface area (Å²) in [5.41, 5.74) is 5.95. The molecule has 0 aromatic heterocycles. The second-order valence-corrected chi connectivity index (χ2v) is 3.10. The summed E-state index contributed by atoms with van der Waals surface area (Å²) in [4.78, 5) is 0. The van der Waals surface area contributed by atoms with Crippen LogP contribution >= 0.6 is 0 Å². The molecule has 0 fully saturated rings. The third-order valence-electron chi connectivity index (χ3n) is 2.07. The number of rotatable bonds is 4. The monoisotopic (exact) mass is 213 g/mol. The van der Waals surface area contributed by atoms with Crippen LogP contribution in [-0.2, 0) is 6.42 Å². The summed E-state index contributed by atoms with van der Waals surface area (Å²) in [5, 5.41) is 0. The molecule has 0 aliphatic heterocycles. The molecule has 2 N–H and O–H groups in total. The maximum absolute atomic E-state index is 12.3. The van der Waals surface area contributed by atoms with Crippen molar-refractivity contribution in [1.82, 2.24) is 0 Å². The van der Waals surface area contributed by atoms with Gasteiger partial charge in [0.15, 0.2) is 0 Å². The molecule has 1 rings (SSSR count). The van der Waals surface area contributed by atoms with E-state index in [1.54, 1.807) is 24.3 Å². The molecule has 82 valence electrons. The van der Waals surface area contributed by atoms with Gasteiger partial charge in [-0.3, -0.25) is 0 Å². The van der Waals surface area contributed by atoms with Crippen molar-refractivity contribution in [3.05, 3.63) is 41.5 Å². The maximum atomic E-state index is 12.3. The van der Waals surface area contributed by atoms with E-state index in [1.807, 2.05) is 0 Å². The van der Waals surface area contributed by atoms with Crippen LogP contribution < -0.4 is 10.5 Å². The van der Waals surface area contributed by atoms with Gasteiger partial charge in [-0.1, -0.05) is 12.1 Å². The highest BCUT2D eigenvalue weighted by Gasteiger charge is 2.06. The van der Waals surface area contributed by atoms with Gasteiger partial charge in [-0.05, 0) is 17.7 Å². The van der Waals surface area contributed by atoms with E-state index in [2.05, 4.69) is 0 Å². The molecule has 0 aliphatic rings. The third kappa shape index (κ3) is 3.32. The zero-order chi connectivity index (χ0) is 11.3. The summed E-state index contributed by atoms with van der Waals surface area (Å²) >= 11 is 0. The van der Waals surface area contributed by atoms with Crippen molar-refractivity contribution in [2.24, 2.45) is 5.73 Å². The molecule has 0 bridgehead atoms. The van der Waals surface area contributed by atoms with Gasteiger partial charge in [0.2, 0.25) is 0 Å². The Labute approximate surface area is 87.4 Å². The highest BCUT2D eigenvalue weighted by Crippen LogP contribution is 2.17. The Morgan fingerprint density at radius 2 is 2.13 bits per heavy atom. The molecule has 0 spiro atoms. The molecule has 4 heteroatoms. The van der Waals surface area contributed by atoms with Gasteiger partial charge in [0.25, 0.3) is 6.08 Å². The van der Waals surface area contributed by atoms with Crippen LogP contribution in [0.15, 0.2) is 35.9 Å². The first-order valence-electron chi connectivity index (χ1n) is 4.53. The average Bonchev–Trinajstić information content (AvgIpc) is 2.25. The Bertz CT molecular complexity index is 359. The zero-order valence-electron chi connectivity index (χ0n) is 8.47. The molecule has 0 atom stereocenters. The van der Waals surface area contributed by atoms with Crippen LogP contribution in [0.3, 0.4) is 0 Å². The van der Waals surface area contributed by atoms with Crippen molar-refractivity contribution >= 4 is 0 Å². The van der Waals surface area contributed by atoms with Gasteiger partial charge >= 0.3 is 0 Å². The Balaban J connectivity index is 2.84. The second-order valence-electron chi connectivity index (χ2n) is 3.10. The van der Waals surface area contributed by atoms with Crippen molar-refractivity contribution in [2.45, 2.75) is 6.42 Å². The molecular formula is C11H13F2NO. The predicted molar refractivity (Wildman–Crippen MR) is 55.0 cm³/mol. The fourth-order valence-electron chi connectivity index (χ4n) is 1.24. The van der Waals surface area contributed by atoms with Crippen LogP contribution in [0, 0.1) is 0 Å². The molecule has 1 aromatic rings. The fraction of sp³-hybridized carbons (Fsp3) is 0.273. The minimum absolute atomic E-state index is 0.0387. The van der Waals surface area contributed by atoms with E-state index in [4.69, 9.17) is 10.5 Å². The summed E-state index contributed by atoms with van der Waals surface area (Å²) in [5.74, 6) is 0.656. The van der Waals surface area contributed by atoms with E-state index >= 15 is 0 Å². The molecule has 0 saturated carbocycles. The number of hydrogen-bond acceptors (Lipinski definition) is 2. The molecule has 1 aromatic carbocycles. The lowest BCUT2D eigenvalue weighted by atomic mass is 10.1. The predicted octanol–water partition coefficient (Wildman–Crippen LogP) is 2.35. The molecule has 0 aliphatic carbocycles. The second kappa shape index (κ2) is 5.46. The van der Waals surface area contributed by atoms with E-state index in [0.717, 1.165) is 5.56 Å². The number of benzene rings is 1. The Hall–Kier alpha value is -1.42. The lowest BCUT2D eigenvalue weighted by molar-refractivity contribution is 0.407. The number of hydrogen-bond donors (Lipinski definition) is 1. The SMILES string of the molecule is COc1cccc(CC(CN)=C(F)F)c1. The van der Waals surface area contributed by atoms with Crippen molar-refractivity contribution in [3.63, 3.8) is 0 Å². The van der Waals surface area contributed by atoms with Crippen molar-refractivity contribution in [2.75, 3.05) is 13.7 Å². The van der Waals surface area contributed by atoms with Gasteiger partial charge in [-0.2, -0.15) is 8.78 Å². The van der Waals surface area contributed by atoms with Gasteiger partial charge in [-0.15, -0.1) is 0 Å². The van der Waals surface area contributed by atoms with Gasteiger partial charge in [0, 0.05) is 18.5 Å². The van der Waals surface area contributed by atoms with Gasteiger partial charge in [0.1, 0.15) is 5.75 Å². The largest absolute Gasteiger partial charge is 0.497 e. The highest BCUT2D eigenvalue weighted by atomic mass is 19.3. The smallest absolute Gasteiger partial charge is 0.271 e. The van der Waals surface area contributed by atoms with E-state index in [9.17, 15) is 8.78 Å². The molecule has 0 heterocycles. The standard InChI is InChI=1S/C11H13F2NO/c1-15-10-4-2-3-8(6-10)5-9(7-14)11(12)13/h2-4,6H,5,7,14H2,1H3. The Morgan fingerprint density at radius 3 is 2.67 bits per heavy atom. The summed E-state index contributed by atoms with van der Waals surface area (Å²) < 4.78 is 29.7. The van der Waals surface area contributed by atoms with E-state index in [-0.39, 0.29) is 18.5 Å². The molecule has 0 amide bonds. The van der Waals surface area contributed by atoms with Crippen molar-refractivity contribution in [1.29, 1.82) is 0 Å². The van der Waals surface area contributed by atoms with Gasteiger partial charge in [-0.25, -0.2) is 0 Å². The first kappa shape index (κ1) is 11.7. The van der Waals surface area contributed by atoms with Crippen LogP contribution in [0.25, 0.3) is 0 Å². The minimum atomic E-state index is -1.69. The lowest BCUT2D eigenvalue weighted by Gasteiger charge is -2.05. The topological polar surface area (TPSA) is 35.2 Å². The lowest BCUT2D eigenvalue weighted by Crippen LogP contribution is -2.06. The summed E-state index contributed by atoms with van der Waals surface area (Å²) in [6.07, 6.45) is -1.53. The molecule has 0 unspecified atom stereocenters. The van der Waals surface area contributed by atoms with Crippen LogP contribution in [0.5, 0.6) is 5.75 Å². The molecule has 15 heavy (non-hydrogen) atoms. The average molecular weight is 213 g/mol. The Kier molecular flexibility index (Phi) is 4.24. The first-order valence-corrected chi connectivity index (χ1v) is 4.53. The molecular weight excluding hydrogens is 200 g/mol. The van der Waals surface area contributed by atoms with E-state index in [0.29, 0.717) is 5.75 Å². The summed E-state index contributed by atoms with van der Waals surface area (Å²) in [7, 11) is 1.54. The number of ether oxygens (including phenoxy) is 1. The molecule has 0 saturated heterocycles. The Morgan fingerprint density at radius 1 is 1.40 bits per heavy atom. The molecule has 2 nitrogen and oxygen atoms in total. The van der Waals surface area contributed by atoms with E-state index < -0.39 is 6.08 Å². The summed E-state index contributed by atoms with van der Waals surface area (Å²) in [6.45, 7) is -0.125. The summed E-state index contributed by atoms with van der Waals surface area (Å²) in [6, 6.07) is 7.01. The van der Waals surface area contributed by atoms with Gasteiger partial charge in [0.05, 0.1) is 7.11 Å². The number of nitrogens with two attached hydrogens (primary N) is 1. The van der Waals surface area contributed by atoms with E-state index in [1.165, 1.54) is 7.11 Å². The number of halogens is 2. The first-order chi connectivity index (χ1) is 7.17. The number of methoxy groups -OCH3 is 1. The normalized spacial score (nSPS) is 9.87. The quantitative estimate of drug-likeness (QED) is 0.833. The van der Waals surface area contributed by atoms with Gasteiger partial charge < -0.3 is 10.5 Å². The van der Waals surface area contributed by atoms with Crippen molar-refractivity contribution < 1.29 is 13.5 Å². The third-order valence-corrected chi connectivity index (χ3v) is 2.07. The van der Waals surface area contributed by atoms with Crippen LogP contribution in [-0.4, -0.2) is 13.7 Å². The van der Waals surface area contributed by atoms with Crippen LogP contribution in [0.2, 0.25) is 0 Å². The van der Waals surface area contributed by atoms with Crippen LogP contribution in [0.4, 0.5) is 8.78 Å². The fourth-order valence-corrected chi connectivity index (χ4v) is 1.24. The maximum Gasteiger partial charge on any atom is 0.271 e. The highest BCUT2D eigenvalue weighted by molar-refractivity contribution is 5.31. The molecule has 0 radical (unpaired) electrons. The minimum Gasteiger partial charge on any atom is -0.497 e.